The van der Waals surface area contributed by atoms with Crippen molar-refractivity contribution in [3.63, 3.8) is 0 Å². The van der Waals surface area contributed by atoms with Crippen molar-refractivity contribution in [1.82, 2.24) is 9.97 Å². The van der Waals surface area contributed by atoms with Crippen LogP contribution in [0.4, 0.5) is 10.8 Å². The molecular formula is C23H18N4O2S. The molecule has 0 aliphatic rings. The number of aliphatic imine (C=N–C) groups is 1. The Kier molecular flexibility index (Phi) is 5.45. The van der Waals surface area contributed by atoms with E-state index in [2.05, 4.69) is 42.0 Å². The predicted octanol–water partition coefficient (Wildman–Crippen LogP) is 6.15. The molecule has 4 rings (SSSR count). The maximum absolute atomic E-state index is 11.0. The number of aromatic nitrogens is 2. The first-order valence-electron chi connectivity index (χ1n) is 9.28. The van der Waals surface area contributed by atoms with E-state index in [0.29, 0.717) is 5.13 Å². The molecule has 0 spiro atoms. The van der Waals surface area contributed by atoms with Crippen molar-refractivity contribution in [3.05, 3.63) is 93.8 Å². The summed E-state index contributed by atoms with van der Waals surface area (Å²) in [6.07, 6.45) is 5.18. The van der Waals surface area contributed by atoms with E-state index < -0.39 is 4.92 Å². The van der Waals surface area contributed by atoms with Gasteiger partial charge in [0.05, 0.1) is 15.5 Å². The molecule has 0 aliphatic heterocycles. The SMILES string of the molecule is Cc1ccc(-c2nc(N=Cc3cccnc3)sc2-c2ccc([N+](=O)[O-])cc2)c(C)c1. The Morgan fingerprint density at radius 2 is 1.90 bits per heavy atom. The van der Waals surface area contributed by atoms with Gasteiger partial charge in [0, 0.05) is 41.9 Å². The van der Waals surface area contributed by atoms with E-state index in [1.54, 1.807) is 30.7 Å². The third-order valence-corrected chi connectivity index (χ3v) is 5.61. The zero-order chi connectivity index (χ0) is 21.1. The Labute approximate surface area is 177 Å². The number of hydrogen-bond acceptors (Lipinski definition) is 6. The van der Waals surface area contributed by atoms with Gasteiger partial charge in [0.2, 0.25) is 5.13 Å². The van der Waals surface area contributed by atoms with Crippen molar-refractivity contribution in [1.29, 1.82) is 0 Å². The molecule has 0 bridgehead atoms. The Hall–Kier alpha value is -3.71. The third-order valence-electron chi connectivity index (χ3n) is 4.60. The fourth-order valence-corrected chi connectivity index (χ4v) is 4.07. The molecule has 0 unspecified atom stereocenters. The van der Waals surface area contributed by atoms with Gasteiger partial charge in [-0.15, -0.1) is 0 Å². The fraction of sp³-hybridized carbons (Fsp3) is 0.0870. The molecule has 30 heavy (non-hydrogen) atoms. The van der Waals surface area contributed by atoms with Gasteiger partial charge >= 0.3 is 0 Å². The number of benzene rings is 2. The van der Waals surface area contributed by atoms with Gasteiger partial charge in [0.15, 0.2) is 0 Å². The highest BCUT2D eigenvalue weighted by Crippen LogP contribution is 2.41. The molecule has 7 heteroatoms. The second-order valence-corrected chi connectivity index (χ2v) is 7.82. The van der Waals surface area contributed by atoms with E-state index in [4.69, 9.17) is 4.98 Å². The van der Waals surface area contributed by atoms with Crippen LogP contribution in [0.3, 0.4) is 0 Å². The summed E-state index contributed by atoms with van der Waals surface area (Å²) in [6.45, 7) is 4.11. The van der Waals surface area contributed by atoms with Gasteiger partial charge in [-0.1, -0.05) is 41.2 Å². The third kappa shape index (κ3) is 4.16. The normalized spacial score (nSPS) is 11.1. The lowest BCUT2D eigenvalue weighted by atomic mass is 10.0. The first kappa shape index (κ1) is 19.6. The van der Waals surface area contributed by atoms with E-state index in [1.165, 1.54) is 29.0 Å². The minimum atomic E-state index is -0.398. The minimum Gasteiger partial charge on any atom is -0.264 e. The summed E-state index contributed by atoms with van der Waals surface area (Å²) < 4.78 is 0. The van der Waals surface area contributed by atoms with Crippen LogP contribution in [0.1, 0.15) is 16.7 Å². The maximum atomic E-state index is 11.0. The number of nitro benzene ring substituents is 1. The molecule has 0 radical (unpaired) electrons. The number of rotatable bonds is 5. The number of nitrogens with zero attached hydrogens (tertiary/aromatic N) is 4. The van der Waals surface area contributed by atoms with E-state index in [-0.39, 0.29) is 5.69 Å². The molecule has 2 aromatic carbocycles. The van der Waals surface area contributed by atoms with E-state index >= 15 is 0 Å². The molecule has 0 atom stereocenters. The lowest BCUT2D eigenvalue weighted by Gasteiger charge is -2.07. The first-order chi connectivity index (χ1) is 14.5. The lowest BCUT2D eigenvalue weighted by molar-refractivity contribution is -0.384. The molecule has 2 aromatic heterocycles. The fourth-order valence-electron chi connectivity index (χ4n) is 3.14. The summed E-state index contributed by atoms with van der Waals surface area (Å²) in [4.78, 5) is 25.0. The number of nitro groups is 1. The van der Waals surface area contributed by atoms with Crippen molar-refractivity contribution in [2.24, 2.45) is 4.99 Å². The predicted molar refractivity (Wildman–Crippen MR) is 121 cm³/mol. The molecule has 0 amide bonds. The molecule has 0 fully saturated rings. The first-order valence-corrected chi connectivity index (χ1v) is 10.1. The van der Waals surface area contributed by atoms with Crippen molar-refractivity contribution >= 4 is 28.4 Å². The highest BCUT2D eigenvalue weighted by atomic mass is 32.1. The highest BCUT2D eigenvalue weighted by molar-refractivity contribution is 7.19. The van der Waals surface area contributed by atoms with Gasteiger partial charge in [0.1, 0.15) is 0 Å². The molecule has 0 saturated heterocycles. The van der Waals surface area contributed by atoms with Crippen LogP contribution in [-0.2, 0) is 0 Å². The number of pyridine rings is 1. The lowest BCUT2D eigenvalue weighted by Crippen LogP contribution is -1.89. The van der Waals surface area contributed by atoms with Gasteiger partial charge in [-0.05, 0) is 43.2 Å². The van der Waals surface area contributed by atoms with Crippen molar-refractivity contribution in [3.8, 4) is 21.7 Å². The van der Waals surface area contributed by atoms with E-state index in [1.807, 2.05) is 12.1 Å². The van der Waals surface area contributed by atoms with Crippen LogP contribution in [0.5, 0.6) is 0 Å². The average molecular weight is 414 g/mol. The Morgan fingerprint density at radius 3 is 2.57 bits per heavy atom. The molecular weight excluding hydrogens is 396 g/mol. The zero-order valence-electron chi connectivity index (χ0n) is 16.4. The summed E-state index contributed by atoms with van der Waals surface area (Å²) in [5.41, 5.74) is 5.96. The van der Waals surface area contributed by atoms with Gasteiger partial charge in [0.25, 0.3) is 5.69 Å². The van der Waals surface area contributed by atoms with E-state index in [9.17, 15) is 10.1 Å². The highest BCUT2D eigenvalue weighted by Gasteiger charge is 2.17. The molecule has 0 saturated carbocycles. The van der Waals surface area contributed by atoms with Crippen LogP contribution >= 0.6 is 11.3 Å². The van der Waals surface area contributed by atoms with Crippen LogP contribution in [0.2, 0.25) is 0 Å². The second-order valence-electron chi connectivity index (χ2n) is 6.84. The summed E-state index contributed by atoms with van der Waals surface area (Å²) in [6, 6.07) is 16.5. The maximum Gasteiger partial charge on any atom is 0.269 e. The smallest absolute Gasteiger partial charge is 0.264 e. The van der Waals surface area contributed by atoms with Crippen LogP contribution < -0.4 is 0 Å². The van der Waals surface area contributed by atoms with Crippen LogP contribution in [0.25, 0.3) is 21.7 Å². The van der Waals surface area contributed by atoms with Gasteiger partial charge in [-0.3, -0.25) is 15.1 Å². The average Bonchev–Trinajstić information content (AvgIpc) is 3.17. The largest absolute Gasteiger partial charge is 0.269 e. The van der Waals surface area contributed by atoms with Crippen molar-refractivity contribution in [2.45, 2.75) is 13.8 Å². The van der Waals surface area contributed by atoms with Crippen LogP contribution in [0, 0.1) is 24.0 Å². The van der Waals surface area contributed by atoms with Crippen LogP contribution in [0.15, 0.2) is 72.0 Å². The molecule has 2 heterocycles. The molecule has 0 aliphatic carbocycles. The summed E-state index contributed by atoms with van der Waals surface area (Å²) in [5, 5.41) is 11.6. The minimum absolute atomic E-state index is 0.0613. The zero-order valence-corrected chi connectivity index (χ0v) is 17.3. The number of non-ortho nitro benzene ring substituents is 1. The Balaban J connectivity index is 1.81. The standard InChI is InChI=1S/C23H18N4O2S/c1-15-5-10-20(16(2)12-15)21-22(18-6-8-19(9-7-18)27(28)29)30-23(26-21)25-14-17-4-3-11-24-13-17/h3-14H,1-2H3. The molecule has 0 N–H and O–H groups in total. The molecule has 4 aromatic rings. The Bertz CT molecular complexity index is 1230. The Morgan fingerprint density at radius 1 is 1.10 bits per heavy atom. The second kappa shape index (κ2) is 8.34. The van der Waals surface area contributed by atoms with Crippen molar-refractivity contribution < 1.29 is 4.92 Å². The number of thiazole rings is 1. The monoisotopic (exact) mass is 414 g/mol. The van der Waals surface area contributed by atoms with Gasteiger partial charge < -0.3 is 0 Å². The van der Waals surface area contributed by atoms with Gasteiger partial charge in [-0.2, -0.15) is 0 Å². The molecule has 148 valence electrons. The quantitative estimate of drug-likeness (QED) is 0.223. The summed E-state index contributed by atoms with van der Waals surface area (Å²) in [5.74, 6) is 0. The summed E-state index contributed by atoms with van der Waals surface area (Å²) in [7, 11) is 0. The number of hydrogen-bond donors (Lipinski definition) is 0. The molecule has 6 nitrogen and oxygen atoms in total. The van der Waals surface area contributed by atoms with Crippen molar-refractivity contribution in [2.75, 3.05) is 0 Å². The number of aryl methyl sites for hydroxylation is 2. The van der Waals surface area contributed by atoms with E-state index in [0.717, 1.165) is 32.8 Å². The van der Waals surface area contributed by atoms with Crippen LogP contribution in [-0.4, -0.2) is 21.1 Å². The van der Waals surface area contributed by atoms with Gasteiger partial charge in [-0.25, -0.2) is 9.98 Å². The topological polar surface area (TPSA) is 81.3 Å². The summed E-state index contributed by atoms with van der Waals surface area (Å²) >= 11 is 1.45.